The number of hydrogen-bond donors (Lipinski definition) is 1. The zero-order chi connectivity index (χ0) is 21.6. The molecule has 1 unspecified atom stereocenters. The molecule has 4 heteroatoms. The summed E-state index contributed by atoms with van der Waals surface area (Å²) in [7, 11) is -2.47. The van der Waals surface area contributed by atoms with Gasteiger partial charge >= 0.3 is 0 Å². The van der Waals surface area contributed by atoms with Crippen molar-refractivity contribution >= 4 is 18.7 Å². The summed E-state index contributed by atoms with van der Waals surface area (Å²) in [6.45, 7) is 9.46. The summed E-state index contributed by atoms with van der Waals surface area (Å²) < 4.78 is 12.4. The lowest BCUT2D eigenvalue weighted by atomic mass is 10.1. The predicted octanol–water partition coefficient (Wildman–Crippen LogP) is 5.37. The van der Waals surface area contributed by atoms with Crippen molar-refractivity contribution in [1.29, 1.82) is 0 Å². The fraction of sp³-hybridized carbons (Fsp3) is 0.385. The molecule has 0 saturated heterocycles. The van der Waals surface area contributed by atoms with Gasteiger partial charge in [0.05, 0.1) is 0 Å². The molecule has 0 radical (unpaired) electrons. The molecule has 0 aliphatic heterocycles. The Morgan fingerprint density at radius 2 is 1.43 bits per heavy atom. The van der Waals surface area contributed by atoms with Gasteiger partial charge in [-0.25, -0.2) is 0 Å². The van der Waals surface area contributed by atoms with Gasteiger partial charge in [-0.1, -0.05) is 81.4 Å². The maximum absolute atomic E-state index is 10.4. The molecule has 1 atom stereocenters. The van der Waals surface area contributed by atoms with Crippen LogP contribution in [0.25, 0.3) is 0 Å². The SMILES string of the molecule is Cc1ccc(C(O)CCCCO[Si](c2ccccc2)(c2ccccc2)C(C)(C)C)o1. The fourth-order valence-corrected chi connectivity index (χ4v) is 8.81. The van der Waals surface area contributed by atoms with Crippen molar-refractivity contribution in [3.8, 4) is 0 Å². The second-order valence-electron chi connectivity index (χ2n) is 8.97. The van der Waals surface area contributed by atoms with E-state index >= 15 is 0 Å². The highest BCUT2D eigenvalue weighted by molar-refractivity contribution is 6.99. The molecule has 0 aliphatic rings. The van der Waals surface area contributed by atoms with E-state index in [1.165, 1.54) is 10.4 Å². The first-order chi connectivity index (χ1) is 14.3. The zero-order valence-corrected chi connectivity index (χ0v) is 19.6. The Bertz CT molecular complexity index is 857. The molecule has 160 valence electrons. The minimum atomic E-state index is -2.47. The lowest BCUT2D eigenvalue weighted by molar-refractivity contribution is 0.133. The minimum absolute atomic E-state index is 0.0130. The number of rotatable bonds is 9. The van der Waals surface area contributed by atoms with Crippen LogP contribution in [-0.4, -0.2) is 20.0 Å². The summed E-state index contributed by atoms with van der Waals surface area (Å²) >= 11 is 0. The smallest absolute Gasteiger partial charge is 0.261 e. The van der Waals surface area contributed by atoms with Gasteiger partial charge in [0.25, 0.3) is 8.32 Å². The van der Waals surface area contributed by atoms with Crippen LogP contribution >= 0.6 is 0 Å². The number of benzene rings is 2. The first-order valence-electron chi connectivity index (χ1n) is 10.8. The summed E-state index contributed by atoms with van der Waals surface area (Å²) in [5.41, 5.74) is 0. The Hall–Kier alpha value is -2.14. The van der Waals surface area contributed by atoms with Crippen molar-refractivity contribution in [2.45, 2.75) is 58.1 Å². The van der Waals surface area contributed by atoms with Crippen LogP contribution in [0.4, 0.5) is 0 Å². The largest absolute Gasteiger partial charge is 0.464 e. The second kappa shape index (κ2) is 9.78. The molecule has 3 aromatic rings. The van der Waals surface area contributed by atoms with Gasteiger partial charge in [0.15, 0.2) is 0 Å². The average molecular weight is 423 g/mol. The quantitative estimate of drug-likeness (QED) is 0.372. The molecule has 0 amide bonds. The van der Waals surface area contributed by atoms with Crippen LogP contribution < -0.4 is 10.4 Å². The maximum Gasteiger partial charge on any atom is 0.261 e. The lowest BCUT2D eigenvalue weighted by Crippen LogP contribution is -2.66. The highest BCUT2D eigenvalue weighted by Gasteiger charge is 2.49. The number of furan rings is 1. The Morgan fingerprint density at radius 3 is 1.90 bits per heavy atom. The molecule has 3 nitrogen and oxygen atoms in total. The summed E-state index contributed by atoms with van der Waals surface area (Å²) in [6.07, 6.45) is 1.92. The summed E-state index contributed by atoms with van der Waals surface area (Å²) in [5, 5.41) is 12.9. The standard InChI is InChI=1S/C26H34O3Si/c1-21-18-19-25(29-21)24(27)17-11-12-20-28-30(26(2,3)4,22-13-7-5-8-14-22)23-15-9-6-10-16-23/h5-10,13-16,18-19,24,27H,11-12,17,20H2,1-4H3. The third kappa shape index (κ3) is 4.94. The molecule has 0 spiro atoms. The molecular weight excluding hydrogens is 388 g/mol. The molecule has 1 heterocycles. The van der Waals surface area contributed by atoms with Crippen molar-refractivity contribution in [2.75, 3.05) is 6.61 Å². The molecule has 1 N–H and O–H groups in total. The number of aryl methyl sites for hydroxylation is 1. The van der Waals surface area contributed by atoms with Gasteiger partial charge in [-0.2, -0.15) is 0 Å². The Labute approximate surface area is 181 Å². The van der Waals surface area contributed by atoms with E-state index in [4.69, 9.17) is 8.84 Å². The van der Waals surface area contributed by atoms with Crippen LogP contribution in [0.2, 0.25) is 5.04 Å². The first-order valence-corrected chi connectivity index (χ1v) is 12.7. The van der Waals surface area contributed by atoms with Gasteiger partial charge in [0.2, 0.25) is 0 Å². The molecule has 30 heavy (non-hydrogen) atoms. The average Bonchev–Trinajstić information content (AvgIpc) is 3.17. The van der Waals surface area contributed by atoms with Gasteiger partial charge < -0.3 is 13.9 Å². The Balaban J connectivity index is 1.73. The van der Waals surface area contributed by atoms with Gasteiger partial charge in [-0.05, 0) is 53.7 Å². The van der Waals surface area contributed by atoms with E-state index in [0.29, 0.717) is 18.8 Å². The highest BCUT2D eigenvalue weighted by atomic mass is 28.4. The molecule has 0 aliphatic carbocycles. The lowest BCUT2D eigenvalue weighted by Gasteiger charge is -2.43. The second-order valence-corrected chi connectivity index (χ2v) is 13.3. The molecular formula is C26H34O3Si. The summed E-state index contributed by atoms with van der Waals surface area (Å²) in [6, 6.07) is 25.2. The van der Waals surface area contributed by atoms with Gasteiger partial charge in [-0.3, -0.25) is 0 Å². The number of aliphatic hydroxyl groups excluding tert-OH is 1. The molecule has 3 rings (SSSR count). The van der Waals surface area contributed by atoms with E-state index in [1.54, 1.807) is 0 Å². The van der Waals surface area contributed by atoms with Gasteiger partial charge in [0.1, 0.15) is 17.6 Å². The van der Waals surface area contributed by atoms with Gasteiger partial charge in [-0.15, -0.1) is 0 Å². The third-order valence-corrected chi connectivity index (χ3v) is 10.7. The van der Waals surface area contributed by atoms with E-state index in [0.717, 1.165) is 18.6 Å². The van der Waals surface area contributed by atoms with E-state index in [2.05, 4.69) is 81.4 Å². The van der Waals surface area contributed by atoms with Crippen molar-refractivity contribution < 1.29 is 13.9 Å². The highest BCUT2D eigenvalue weighted by Crippen LogP contribution is 2.37. The van der Waals surface area contributed by atoms with Crippen LogP contribution in [0, 0.1) is 6.92 Å². The fourth-order valence-electron chi connectivity index (χ4n) is 4.20. The monoisotopic (exact) mass is 422 g/mol. The number of aliphatic hydroxyl groups is 1. The van der Waals surface area contributed by atoms with Crippen LogP contribution in [0.1, 0.15) is 57.7 Å². The summed E-state index contributed by atoms with van der Waals surface area (Å²) in [4.78, 5) is 0. The normalized spacial score (nSPS) is 13.4. The molecule has 2 aromatic carbocycles. The van der Waals surface area contributed by atoms with Gasteiger partial charge in [0, 0.05) is 6.61 Å². The Kier molecular flexibility index (Phi) is 7.35. The van der Waals surface area contributed by atoms with Crippen LogP contribution in [0.3, 0.4) is 0 Å². The minimum Gasteiger partial charge on any atom is -0.464 e. The van der Waals surface area contributed by atoms with Crippen molar-refractivity contribution in [3.05, 3.63) is 84.3 Å². The van der Waals surface area contributed by atoms with Crippen molar-refractivity contribution in [2.24, 2.45) is 0 Å². The van der Waals surface area contributed by atoms with Crippen LogP contribution in [0.15, 0.2) is 77.2 Å². The third-order valence-electron chi connectivity index (χ3n) is 5.70. The van der Waals surface area contributed by atoms with E-state index in [1.807, 2.05) is 19.1 Å². The number of hydrogen-bond acceptors (Lipinski definition) is 3. The zero-order valence-electron chi connectivity index (χ0n) is 18.6. The van der Waals surface area contributed by atoms with Crippen LogP contribution in [-0.2, 0) is 4.43 Å². The first kappa shape index (κ1) is 22.5. The molecule has 0 fully saturated rings. The van der Waals surface area contributed by atoms with Crippen molar-refractivity contribution in [3.63, 3.8) is 0 Å². The van der Waals surface area contributed by atoms with E-state index < -0.39 is 14.4 Å². The van der Waals surface area contributed by atoms with E-state index in [9.17, 15) is 5.11 Å². The Morgan fingerprint density at radius 1 is 0.867 bits per heavy atom. The van der Waals surface area contributed by atoms with E-state index in [-0.39, 0.29) is 5.04 Å². The predicted molar refractivity (Wildman–Crippen MR) is 126 cm³/mol. The molecule has 0 saturated carbocycles. The topological polar surface area (TPSA) is 42.6 Å². The number of unbranched alkanes of at least 4 members (excludes halogenated alkanes) is 1. The molecule has 0 bridgehead atoms. The van der Waals surface area contributed by atoms with Crippen molar-refractivity contribution in [1.82, 2.24) is 0 Å². The summed E-state index contributed by atoms with van der Waals surface area (Å²) in [5.74, 6) is 1.49. The molecule has 1 aromatic heterocycles. The van der Waals surface area contributed by atoms with Crippen LogP contribution in [0.5, 0.6) is 0 Å². The maximum atomic E-state index is 10.4.